The molecule has 18 heavy (non-hydrogen) atoms. The third-order valence-electron chi connectivity index (χ3n) is 3.51. The molecule has 3 rings (SSSR count). The van der Waals surface area contributed by atoms with Gasteiger partial charge in [-0.3, -0.25) is 4.79 Å². The van der Waals surface area contributed by atoms with Crippen molar-refractivity contribution in [3.8, 4) is 0 Å². The molecule has 0 bridgehead atoms. The highest BCUT2D eigenvalue weighted by Gasteiger charge is 2.33. The molecule has 2 unspecified atom stereocenters. The number of carboxylic acid groups (broad SMARTS) is 1. The van der Waals surface area contributed by atoms with Crippen molar-refractivity contribution < 1.29 is 9.90 Å². The minimum absolute atomic E-state index is 0.0193. The van der Waals surface area contributed by atoms with Gasteiger partial charge < -0.3 is 10.4 Å². The summed E-state index contributed by atoms with van der Waals surface area (Å²) in [6.07, 6.45) is 2.30. The van der Waals surface area contributed by atoms with Crippen LogP contribution in [0.2, 0.25) is 0 Å². The summed E-state index contributed by atoms with van der Waals surface area (Å²) in [4.78, 5) is 15.5. The van der Waals surface area contributed by atoms with Crippen molar-refractivity contribution in [1.29, 1.82) is 0 Å². The van der Waals surface area contributed by atoms with Crippen LogP contribution in [0.3, 0.4) is 0 Å². The Balaban J connectivity index is 2.06. The molecule has 1 aliphatic heterocycles. The Labute approximate surface area is 104 Å². The number of carboxylic acids is 1. The molecule has 6 heteroatoms. The van der Waals surface area contributed by atoms with E-state index in [0.717, 1.165) is 24.3 Å². The number of fused-ring (bicyclic) bond motifs is 1. The van der Waals surface area contributed by atoms with Crippen LogP contribution >= 0.6 is 0 Å². The van der Waals surface area contributed by atoms with Crippen molar-refractivity contribution in [3.63, 3.8) is 0 Å². The fraction of sp³-hybridized carbons (Fsp3) is 0.417. The molecule has 1 saturated heterocycles. The summed E-state index contributed by atoms with van der Waals surface area (Å²) in [5.74, 6) is -1.19. The second kappa shape index (κ2) is 4.38. The number of aliphatic carboxylic acids is 1. The van der Waals surface area contributed by atoms with Crippen LogP contribution in [0.1, 0.15) is 18.0 Å². The number of nitrogens with zero attached hydrogens (tertiary/aromatic N) is 3. The lowest BCUT2D eigenvalue weighted by atomic mass is 9.83. The summed E-state index contributed by atoms with van der Waals surface area (Å²) < 4.78 is 1.74. The maximum atomic E-state index is 11.3. The van der Waals surface area contributed by atoms with Crippen LogP contribution < -0.4 is 5.32 Å². The highest BCUT2D eigenvalue weighted by atomic mass is 16.4. The lowest BCUT2D eigenvalue weighted by molar-refractivity contribution is -0.143. The molecule has 1 aliphatic rings. The van der Waals surface area contributed by atoms with Gasteiger partial charge in [-0.1, -0.05) is 6.07 Å². The molecule has 0 saturated carbocycles. The van der Waals surface area contributed by atoms with E-state index in [0.29, 0.717) is 6.54 Å². The van der Waals surface area contributed by atoms with Gasteiger partial charge in [0.05, 0.1) is 5.92 Å². The van der Waals surface area contributed by atoms with Crippen molar-refractivity contribution in [1.82, 2.24) is 19.9 Å². The molecule has 0 aliphatic carbocycles. The first-order valence-electron chi connectivity index (χ1n) is 5.99. The highest BCUT2D eigenvalue weighted by molar-refractivity contribution is 5.72. The molecule has 0 radical (unpaired) electrons. The molecule has 2 aromatic rings. The van der Waals surface area contributed by atoms with Gasteiger partial charge in [0.15, 0.2) is 5.65 Å². The minimum Gasteiger partial charge on any atom is -0.481 e. The zero-order valence-corrected chi connectivity index (χ0v) is 9.78. The Kier molecular flexibility index (Phi) is 2.71. The first-order valence-corrected chi connectivity index (χ1v) is 5.99. The highest BCUT2D eigenvalue weighted by Crippen LogP contribution is 2.30. The van der Waals surface area contributed by atoms with E-state index in [1.54, 1.807) is 4.52 Å². The van der Waals surface area contributed by atoms with E-state index in [1.807, 2.05) is 18.2 Å². The first kappa shape index (κ1) is 11.2. The second-order valence-electron chi connectivity index (χ2n) is 4.52. The normalized spacial score (nSPS) is 24.2. The Hall–Kier alpha value is -1.95. The summed E-state index contributed by atoms with van der Waals surface area (Å²) in [5, 5.41) is 16.6. The number of carbonyl (C=O) groups is 1. The quantitative estimate of drug-likeness (QED) is 0.807. The lowest BCUT2D eigenvalue weighted by Crippen LogP contribution is -2.40. The van der Waals surface area contributed by atoms with Gasteiger partial charge in [0.2, 0.25) is 0 Å². The van der Waals surface area contributed by atoms with Crippen molar-refractivity contribution in [3.05, 3.63) is 30.2 Å². The Morgan fingerprint density at radius 2 is 2.39 bits per heavy atom. The smallest absolute Gasteiger partial charge is 0.308 e. The number of aromatic nitrogens is 3. The van der Waals surface area contributed by atoms with Crippen LogP contribution in [0.4, 0.5) is 0 Å². The van der Waals surface area contributed by atoms with E-state index >= 15 is 0 Å². The molecule has 0 aromatic carbocycles. The Bertz CT molecular complexity index is 580. The van der Waals surface area contributed by atoms with Crippen LogP contribution in [0.15, 0.2) is 24.5 Å². The van der Waals surface area contributed by atoms with E-state index in [2.05, 4.69) is 15.4 Å². The molecular weight excluding hydrogens is 232 g/mol. The average molecular weight is 246 g/mol. The van der Waals surface area contributed by atoms with Crippen LogP contribution in [0.25, 0.3) is 5.65 Å². The monoisotopic (exact) mass is 246 g/mol. The van der Waals surface area contributed by atoms with E-state index in [4.69, 9.17) is 0 Å². The summed E-state index contributed by atoms with van der Waals surface area (Å²) >= 11 is 0. The van der Waals surface area contributed by atoms with E-state index in [-0.39, 0.29) is 5.92 Å². The topological polar surface area (TPSA) is 79.5 Å². The average Bonchev–Trinajstić information content (AvgIpc) is 2.86. The predicted octanol–water partition coefficient (Wildman–Crippen LogP) is 0.507. The molecule has 1 fully saturated rings. The molecular formula is C12H14N4O2. The fourth-order valence-electron chi connectivity index (χ4n) is 2.62. The zero-order valence-electron chi connectivity index (χ0n) is 9.78. The summed E-state index contributed by atoms with van der Waals surface area (Å²) in [5.41, 5.74) is 1.69. The van der Waals surface area contributed by atoms with Gasteiger partial charge in [0.1, 0.15) is 6.33 Å². The minimum atomic E-state index is -0.760. The molecule has 0 spiro atoms. The molecule has 6 nitrogen and oxygen atoms in total. The van der Waals surface area contributed by atoms with Gasteiger partial charge >= 0.3 is 5.97 Å². The van der Waals surface area contributed by atoms with Crippen LogP contribution in [-0.4, -0.2) is 38.8 Å². The number of piperidine rings is 1. The van der Waals surface area contributed by atoms with Gasteiger partial charge in [-0.15, -0.1) is 0 Å². The summed E-state index contributed by atoms with van der Waals surface area (Å²) in [7, 11) is 0. The molecule has 0 amide bonds. The largest absolute Gasteiger partial charge is 0.481 e. The summed E-state index contributed by atoms with van der Waals surface area (Å²) in [6.45, 7) is 1.34. The molecule has 3 heterocycles. The number of rotatable bonds is 2. The van der Waals surface area contributed by atoms with Crippen molar-refractivity contribution in [2.24, 2.45) is 5.92 Å². The van der Waals surface area contributed by atoms with E-state index < -0.39 is 11.9 Å². The number of nitrogens with one attached hydrogen (secondary N) is 1. The van der Waals surface area contributed by atoms with Gasteiger partial charge in [-0.2, -0.15) is 5.10 Å². The van der Waals surface area contributed by atoms with E-state index in [9.17, 15) is 9.90 Å². The maximum absolute atomic E-state index is 11.3. The van der Waals surface area contributed by atoms with Crippen LogP contribution in [0, 0.1) is 5.92 Å². The summed E-state index contributed by atoms with van der Waals surface area (Å²) in [6, 6.07) is 5.71. The SMILES string of the molecule is O=C(O)C1CNCCC1c1cccc2ncnn12. The molecule has 2 atom stereocenters. The molecule has 94 valence electrons. The molecule has 2 N–H and O–H groups in total. The molecule has 2 aromatic heterocycles. The fourth-order valence-corrected chi connectivity index (χ4v) is 2.62. The predicted molar refractivity (Wildman–Crippen MR) is 64.3 cm³/mol. The third kappa shape index (κ3) is 1.74. The zero-order chi connectivity index (χ0) is 12.5. The van der Waals surface area contributed by atoms with Gasteiger partial charge in [-0.25, -0.2) is 9.50 Å². The van der Waals surface area contributed by atoms with Gasteiger partial charge in [0.25, 0.3) is 0 Å². The van der Waals surface area contributed by atoms with Crippen LogP contribution in [0.5, 0.6) is 0 Å². The third-order valence-corrected chi connectivity index (χ3v) is 3.51. The standard InChI is InChI=1S/C12H14N4O2/c17-12(18)9-6-13-5-4-8(9)10-2-1-3-11-14-7-15-16(10)11/h1-3,7-9,13H,4-6H2,(H,17,18). The van der Waals surface area contributed by atoms with Crippen molar-refractivity contribution in [2.45, 2.75) is 12.3 Å². The van der Waals surface area contributed by atoms with Crippen LogP contribution in [-0.2, 0) is 4.79 Å². The number of pyridine rings is 1. The lowest BCUT2D eigenvalue weighted by Gasteiger charge is -2.29. The number of hydrogen-bond donors (Lipinski definition) is 2. The van der Waals surface area contributed by atoms with Crippen molar-refractivity contribution in [2.75, 3.05) is 13.1 Å². The Morgan fingerprint density at radius 3 is 3.22 bits per heavy atom. The van der Waals surface area contributed by atoms with Crippen molar-refractivity contribution >= 4 is 11.6 Å². The Morgan fingerprint density at radius 1 is 1.50 bits per heavy atom. The van der Waals surface area contributed by atoms with E-state index in [1.165, 1.54) is 6.33 Å². The van der Waals surface area contributed by atoms with Gasteiger partial charge in [0, 0.05) is 18.2 Å². The number of hydrogen-bond acceptors (Lipinski definition) is 4. The second-order valence-corrected chi connectivity index (χ2v) is 4.52. The first-order chi connectivity index (χ1) is 8.77. The van der Waals surface area contributed by atoms with Gasteiger partial charge in [-0.05, 0) is 25.1 Å². The maximum Gasteiger partial charge on any atom is 0.308 e.